The monoisotopic (exact) mass is 926 g/mol. The highest BCUT2D eigenvalue weighted by Crippen LogP contribution is 2.96. The van der Waals surface area contributed by atoms with Crippen LogP contribution in [-0.4, -0.2) is 16.1 Å². The molecule has 0 aromatic heterocycles. The van der Waals surface area contributed by atoms with Gasteiger partial charge in [-0.25, -0.2) is 0 Å². The van der Waals surface area contributed by atoms with Gasteiger partial charge in [0, 0.05) is 0 Å². The van der Waals surface area contributed by atoms with Gasteiger partial charge in [0.25, 0.3) is 0 Å². The topological polar surface area (TPSA) is 0 Å². The number of benzene rings is 18. The Kier molecular flexibility index (Phi) is 2.52. The highest BCUT2D eigenvalue weighted by molar-refractivity contribution is 6.85. The molecule has 0 nitrogen and oxygen atoms in total. The zero-order valence-corrected chi connectivity index (χ0v) is 41.5. The van der Waals surface area contributed by atoms with Gasteiger partial charge in [0.2, 0.25) is 0 Å². The van der Waals surface area contributed by atoms with Crippen molar-refractivity contribution >= 4 is 307 Å². The normalized spacial score (nSPS) is 20.0. The fourth-order valence-corrected chi connectivity index (χ4v) is 26.7. The quantitative estimate of drug-likeness (QED) is 0.0808. The van der Waals surface area contributed by atoms with Gasteiger partial charge in [-0.1, -0.05) is 51.1 Å². The van der Waals surface area contributed by atoms with Gasteiger partial charge < -0.3 is 0 Å². The van der Waals surface area contributed by atoms with Crippen LogP contribution in [0.15, 0.2) is 0 Å². The largest absolute Gasteiger partial charge is 0.130 e. The number of rotatable bonds is 0. The minimum absolute atomic E-state index is 0.398. The Morgan fingerprint density at radius 1 is 0.178 bits per heavy atom. The molecular formula is C71H18Si2. The first-order valence-corrected chi connectivity index (χ1v) is 34.5. The molecule has 28 aromatic carbocycles. The van der Waals surface area contributed by atoms with E-state index in [2.05, 4.69) is 62.2 Å². The standard InChI is InChI=1S/C71H18Si2/c1-72(2,3)9-7-69(8-10-73(4,5)6)70-65-57-49-39-29-21-13-11-12-15-19-17(13)25-33-27(19)37-31-23(15)24-16(12)20-18-14(11)22(21)30-36-26(18)34-28(20)38-32(24)42-41(31)51-45(37)55-47(33)53(43(49)35(25)29)61(65)63(55)67-59(51)60-52(42)46(38)56-48(34)54-44(36)50(40(30)39)58(57)66(70)62(54)64(56)68(60)71(67,69)70/h1-6H3. The van der Waals surface area contributed by atoms with Gasteiger partial charge in [-0.2, -0.15) is 0 Å². The van der Waals surface area contributed by atoms with Crippen molar-refractivity contribution < 1.29 is 0 Å². The predicted molar refractivity (Wildman–Crippen MR) is 319 cm³/mol. The second kappa shape index (κ2) is 6.35. The minimum Gasteiger partial charge on any atom is -0.130 e. The van der Waals surface area contributed by atoms with Crippen molar-refractivity contribution in [3.63, 3.8) is 0 Å². The van der Waals surface area contributed by atoms with Crippen molar-refractivity contribution in [3.05, 3.63) is 22.3 Å². The van der Waals surface area contributed by atoms with Crippen molar-refractivity contribution in [2.75, 3.05) is 0 Å². The van der Waals surface area contributed by atoms with Crippen LogP contribution in [0.1, 0.15) is 22.3 Å². The van der Waals surface area contributed by atoms with Gasteiger partial charge >= 0.3 is 0 Å². The van der Waals surface area contributed by atoms with E-state index in [4.69, 9.17) is 0 Å². The molecule has 0 heterocycles. The van der Waals surface area contributed by atoms with Crippen LogP contribution in [0.25, 0.3) is 291 Å². The first kappa shape index (κ1) is 28.9. The number of hydrogen-bond acceptors (Lipinski definition) is 0. The Labute approximate surface area is 405 Å². The Morgan fingerprint density at radius 2 is 0.288 bits per heavy atom. The Balaban J connectivity index is 1.16. The molecule has 0 amide bonds. The van der Waals surface area contributed by atoms with Crippen molar-refractivity contribution in [1.82, 2.24) is 0 Å². The molecule has 0 saturated heterocycles. The summed E-state index contributed by atoms with van der Waals surface area (Å²) in [6, 6.07) is 0. The van der Waals surface area contributed by atoms with Gasteiger partial charge in [0.15, 0.2) is 0 Å². The molecule has 33 rings (SSSR count). The summed E-state index contributed by atoms with van der Waals surface area (Å²) in [5.41, 5.74) is 14.1. The van der Waals surface area contributed by atoms with Crippen LogP contribution in [0.4, 0.5) is 0 Å². The van der Waals surface area contributed by atoms with Crippen LogP contribution in [0.5, 0.6) is 0 Å². The molecule has 28 aromatic rings. The highest BCUT2D eigenvalue weighted by Gasteiger charge is 2.94. The van der Waals surface area contributed by atoms with E-state index in [1.165, 1.54) is 0 Å². The zero-order valence-electron chi connectivity index (χ0n) is 39.5. The molecule has 1 saturated carbocycles. The van der Waals surface area contributed by atoms with Crippen LogP contribution < -0.4 is 0 Å². The fourth-order valence-electron chi connectivity index (χ4n) is 25.5. The van der Waals surface area contributed by atoms with Crippen molar-refractivity contribution in [2.24, 2.45) is 5.41 Å². The Hall–Kier alpha value is -7.99. The van der Waals surface area contributed by atoms with Gasteiger partial charge in [0.05, 0.1) is 10.8 Å². The summed E-state index contributed by atoms with van der Waals surface area (Å²) in [6.45, 7) is 15.0. The lowest BCUT2D eigenvalue weighted by atomic mass is 9.68. The molecule has 0 atom stereocenters. The van der Waals surface area contributed by atoms with E-state index in [0.29, 0.717) is 0 Å². The van der Waals surface area contributed by atoms with Gasteiger partial charge in [-0.3, -0.25) is 0 Å². The molecule has 0 unspecified atom stereocenters. The van der Waals surface area contributed by atoms with Crippen molar-refractivity contribution in [1.29, 1.82) is 0 Å². The summed E-state index contributed by atoms with van der Waals surface area (Å²) in [7, 11) is -3.87. The van der Waals surface area contributed by atoms with E-state index in [1.54, 1.807) is 313 Å². The van der Waals surface area contributed by atoms with Crippen LogP contribution in [0.3, 0.4) is 0 Å². The van der Waals surface area contributed by atoms with Gasteiger partial charge in [0.1, 0.15) is 21.6 Å². The van der Waals surface area contributed by atoms with E-state index in [9.17, 15) is 0 Å². The van der Waals surface area contributed by atoms with Crippen LogP contribution in [0.2, 0.25) is 39.3 Å². The highest BCUT2D eigenvalue weighted by atomic mass is 28.3. The third kappa shape index (κ3) is 1.58. The van der Waals surface area contributed by atoms with E-state index in [1.807, 2.05) is 0 Å². The zero-order chi connectivity index (χ0) is 44.8. The molecule has 5 aliphatic rings. The molecule has 2 spiro atoms. The number of hydrogen-bond donors (Lipinski definition) is 0. The molecule has 5 aliphatic carbocycles. The molecule has 310 valence electrons. The van der Waals surface area contributed by atoms with E-state index in [-0.39, 0.29) is 0 Å². The summed E-state index contributed by atoms with van der Waals surface area (Å²) in [4.78, 5) is 0. The maximum Gasteiger partial charge on any atom is 0.129 e. The molecule has 0 bridgehead atoms. The summed E-state index contributed by atoms with van der Waals surface area (Å²) < 4.78 is 0. The second-order valence-corrected chi connectivity index (χ2v) is 38.5. The lowest BCUT2D eigenvalue weighted by molar-refractivity contribution is 0.731. The SMILES string of the molecule is C[Si](C)(C)C#CC1(C#C[Si](C)(C)C)C23c4c5c6c7c8c9c(c%10c%11c2c2c4c4c%12c5c5c6c6c8c8c%13c9c9c%10c%10c%11c%11c2c2c4c4c%12c%12c5c5c6c8c6c8c%13c9c9c%10c%10c%11c2c2c4c4c%12c5c6c5c8c9c%10c2c45)C713. The average molecular weight is 927 g/mol. The van der Waals surface area contributed by atoms with Crippen molar-refractivity contribution in [2.45, 2.75) is 50.1 Å². The maximum atomic E-state index is 4.62. The van der Waals surface area contributed by atoms with Crippen LogP contribution in [-0.2, 0) is 10.8 Å². The van der Waals surface area contributed by atoms with E-state index >= 15 is 0 Å². The fraction of sp³-hybridized carbons (Fsp3) is 0.127. The van der Waals surface area contributed by atoms with E-state index in [0.717, 1.165) is 0 Å². The summed E-state index contributed by atoms with van der Waals surface area (Å²) >= 11 is 0. The second-order valence-electron chi connectivity index (χ2n) is 29.0. The summed E-state index contributed by atoms with van der Waals surface area (Å²) in [6.07, 6.45) is 0. The predicted octanol–water partition coefficient (Wildman–Crippen LogP) is 19.1. The lowest BCUT2D eigenvalue weighted by Gasteiger charge is -2.31. The molecule has 1 fully saturated rings. The molecule has 73 heavy (non-hydrogen) atoms. The van der Waals surface area contributed by atoms with Crippen LogP contribution >= 0.6 is 0 Å². The van der Waals surface area contributed by atoms with Gasteiger partial charge in [-0.05, 0) is 313 Å². The Bertz CT molecular complexity index is 6940. The smallest absolute Gasteiger partial charge is 0.129 e. The first-order chi connectivity index (χ1) is 35.7. The average Bonchev–Trinajstić information content (AvgIpc) is 4.03. The molecule has 0 N–H and O–H groups in total. The van der Waals surface area contributed by atoms with E-state index < -0.39 is 32.4 Å². The van der Waals surface area contributed by atoms with Crippen molar-refractivity contribution in [3.8, 4) is 22.9 Å². The third-order valence-electron chi connectivity index (χ3n) is 25.6. The summed E-state index contributed by atoms with van der Waals surface area (Å²) in [5.74, 6) is 9.24. The lowest BCUT2D eigenvalue weighted by Crippen LogP contribution is -2.27. The van der Waals surface area contributed by atoms with Crippen LogP contribution in [0, 0.1) is 28.3 Å². The molecular weight excluding hydrogens is 909 g/mol. The Morgan fingerprint density at radius 3 is 0.397 bits per heavy atom. The summed E-state index contributed by atoms with van der Waals surface area (Å²) in [5, 5.41) is 89.3. The molecule has 2 heteroatoms. The molecule has 0 radical (unpaired) electrons. The van der Waals surface area contributed by atoms with Gasteiger partial charge in [-0.15, -0.1) is 11.1 Å². The minimum atomic E-state index is -1.93. The maximum absolute atomic E-state index is 4.62. The first-order valence-electron chi connectivity index (χ1n) is 27.5. The third-order valence-corrected chi connectivity index (χ3v) is 27.4. The molecule has 0 aliphatic heterocycles.